The lowest BCUT2D eigenvalue weighted by molar-refractivity contribution is 0.512. The molecule has 6 heteroatoms. The summed E-state index contributed by atoms with van der Waals surface area (Å²) in [6, 6.07) is 6.74. The Hall–Kier alpha value is -0.590. The quantitative estimate of drug-likeness (QED) is 0.668. The number of hydrogen-bond acceptors (Lipinski definition) is 4. The van der Waals surface area contributed by atoms with Gasteiger partial charge in [0.1, 0.15) is 15.7 Å². The molecule has 0 saturated carbocycles. The monoisotopic (exact) mass is 333 g/mol. The third kappa shape index (κ3) is 9.11. The molecule has 1 N–H and O–H groups in total. The molecule has 0 radical (unpaired) electrons. The van der Waals surface area contributed by atoms with Gasteiger partial charge in [0.25, 0.3) is 0 Å². The standard InChI is InChI=1S/C15H24FNO2S2/c1-3-10-17-14(5-4-11-21(2,18)19)12-20-15-8-6-13(16)7-9-15/h6-9,14,17H,3-5,10-12H2,1-2H3. The van der Waals surface area contributed by atoms with Crippen LogP contribution in [-0.4, -0.2) is 38.8 Å². The van der Waals surface area contributed by atoms with E-state index in [1.54, 1.807) is 23.9 Å². The summed E-state index contributed by atoms with van der Waals surface area (Å²) in [5.41, 5.74) is 0. The van der Waals surface area contributed by atoms with Crippen LogP contribution in [0.3, 0.4) is 0 Å². The lowest BCUT2D eigenvalue weighted by Crippen LogP contribution is -2.32. The number of thioether (sulfide) groups is 1. The van der Waals surface area contributed by atoms with E-state index in [0.717, 1.165) is 30.0 Å². The lowest BCUT2D eigenvalue weighted by Gasteiger charge is -2.18. The van der Waals surface area contributed by atoms with Crippen molar-refractivity contribution in [2.45, 2.75) is 37.1 Å². The number of hydrogen-bond donors (Lipinski definition) is 1. The first-order valence-corrected chi connectivity index (χ1v) is 10.2. The summed E-state index contributed by atoms with van der Waals surface area (Å²) in [7, 11) is -2.89. The van der Waals surface area contributed by atoms with Gasteiger partial charge in [-0.2, -0.15) is 0 Å². The van der Waals surface area contributed by atoms with Crippen LogP contribution in [0.1, 0.15) is 26.2 Å². The van der Waals surface area contributed by atoms with E-state index >= 15 is 0 Å². The highest BCUT2D eigenvalue weighted by atomic mass is 32.2. The Balaban J connectivity index is 2.43. The molecule has 21 heavy (non-hydrogen) atoms. The van der Waals surface area contributed by atoms with Crippen LogP contribution < -0.4 is 5.32 Å². The van der Waals surface area contributed by atoms with Crippen LogP contribution in [0.4, 0.5) is 4.39 Å². The summed E-state index contributed by atoms with van der Waals surface area (Å²) in [5, 5.41) is 3.45. The molecule has 0 aliphatic rings. The first-order chi connectivity index (χ1) is 9.90. The molecule has 3 nitrogen and oxygen atoms in total. The van der Waals surface area contributed by atoms with Gasteiger partial charge in [-0.15, -0.1) is 11.8 Å². The summed E-state index contributed by atoms with van der Waals surface area (Å²) in [5.74, 6) is 0.863. The fourth-order valence-corrected chi connectivity index (χ4v) is 3.61. The lowest BCUT2D eigenvalue weighted by atomic mass is 10.2. The number of rotatable bonds is 10. The zero-order chi connectivity index (χ0) is 15.7. The first-order valence-electron chi connectivity index (χ1n) is 7.20. The minimum Gasteiger partial charge on any atom is -0.313 e. The maximum Gasteiger partial charge on any atom is 0.147 e. The largest absolute Gasteiger partial charge is 0.313 e. The van der Waals surface area contributed by atoms with E-state index in [1.165, 1.54) is 18.4 Å². The van der Waals surface area contributed by atoms with Crippen molar-refractivity contribution >= 4 is 21.6 Å². The van der Waals surface area contributed by atoms with Crippen molar-refractivity contribution < 1.29 is 12.8 Å². The maximum absolute atomic E-state index is 12.9. The van der Waals surface area contributed by atoms with E-state index in [2.05, 4.69) is 12.2 Å². The summed E-state index contributed by atoms with van der Waals surface area (Å²) in [6.07, 6.45) is 3.82. The number of nitrogens with one attached hydrogen (secondary N) is 1. The minimum atomic E-state index is -2.89. The zero-order valence-corrected chi connectivity index (χ0v) is 14.3. The molecule has 0 amide bonds. The van der Waals surface area contributed by atoms with Crippen LogP contribution >= 0.6 is 11.8 Å². The van der Waals surface area contributed by atoms with Gasteiger partial charge in [0.05, 0.1) is 0 Å². The molecule has 0 heterocycles. The van der Waals surface area contributed by atoms with Gasteiger partial charge >= 0.3 is 0 Å². The van der Waals surface area contributed by atoms with Gasteiger partial charge < -0.3 is 5.32 Å². The van der Waals surface area contributed by atoms with Crippen molar-refractivity contribution in [1.29, 1.82) is 0 Å². The molecule has 0 saturated heterocycles. The predicted octanol–water partition coefficient (Wildman–Crippen LogP) is 3.11. The van der Waals surface area contributed by atoms with Gasteiger partial charge in [0, 0.05) is 28.7 Å². The molecule has 120 valence electrons. The smallest absolute Gasteiger partial charge is 0.147 e. The van der Waals surface area contributed by atoms with Gasteiger partial charge in [-0.1, -0.05) is 6.92 Å². The molecule has 1 aromatic carbocycles. The molecule has 0 spiro atoms. The van der Waals surface area contributed by atoms with Crippen molar-refractivity contribution in [2.75, 3.05) is 24.3 Å². The van der Waals surface area contributed by atoms with Crippen LogP contribution in [0, 0.1) is 5.82 Å². The van der Waals surface area contributed by atoms with E-state index in [-0.39, 0.29) is 17.6 Å². The second-order valence-electron chi connectivity index (χ2n) is 5.19. The van der Waals surface area contributed by atoms with E-state index in [0.29, 0.717) is 6.42 Å². The normalized spacial score (nSPS) is 13.3. The van der Waals surface area contributed by atoms with E-state index in [9.17, 15) is 12.8 Å². The van der Waals surface area contributed by atoms with Crippen molar-refractivity contribution in [2.24, 2.45) is 0 Å². The average molecular weight is 333 g/mol. The zero-order valence-electron chi connectivity index (χ0n) is 12.6. The topological polar surface area (TPSA) is 46.2 Å². The van der Waals surface area contributed by atoms with Gasteiger partial charge in [-0.3, -0.25) is 0 Å². The molecular weight excluding hydrogens is 309 g/mol. The molecule has 0 aliphatic heterocycles. The van der Waals surface area contributed by atoms with E-state index in [1.807, 2.05) is 0 Å². The number of halogens is 1. The van der Waals surface area contributed by atoms with Gasteiger partial charge in [0.15, 0.2) is 0 Å². The van der Waals surface area contributed by atoms with Crippen LogP contribution in [0.25, 0.3) is 0 Å². The Morgan fingerprint density at radius 1 is 1.29 bits per heavy atom. The fourth-order valence-electron chi connectivity index (χ4n) is 1.91. The predicted molar refractivity (Wildman–Crippen MR) is 88.2 cm³/mol. The Morgan fingerprint density at radius 3 is 2.52 bits per heavy atom. The average Bonchev–Trinajstić information content (AvgIpc) is 2.41. The second-order valence-corrected chi connectivity index (χ2v) is 8.54. The molecule has 0 aliphatic carbocycles. The van der Waals surface area contributed by atoms with Crippen molar-refractivity contribution in [3.05, 3.63) is 30.1 Å². The SMILES string of the molecule is CCCNC(CCCS(C)(=O)=O)CSc1ccc(F)cc1. The summed E-state index contributed by atoms with van der Waals surface area (Å²) >= 11 is 1.67. The van der Waals surface area contributed by atoms with Crippen molar-refractivity contribution in [3.63, 3.8) is 0 Å². The van der Waals surface area contributed by atoms with Crippen molar-refractivity contribution in [1.82, 2.24) is 5.32 Å². The Labute approximate surface area is 131 Å². The minimum absolute atomic E-state index is 0.229. The Morgan fingerprint density at radius 2 is 1.95 bits per heavy atom. The first kappa shape index (κ1) is 18.5. The summed E-state index contributed by atoms with van der Waals surface area (Å²) in [6.45, 7) is 3.03. The number of sulfone groups is 1. The molecule has 1 aromatic rings. The van der Waals surface area contributed by atoms with Crippen LogP contribution in [-0.2, 0) is 9.84 Å². The molecule has 1 rings (SSSR count). The molecular formula is C15H24FNO2S2. The van der Waals surface area contributed by atoms with Crippen molar-refractivity contribution in [3.8, 4) is 0 Å². The van der Waals surface area contributed by atoms with Crippen LogP contribution in [0.15, 0.2) is 29.2 Å². The van der Waals surface area contributed by atoms with Crippen LogP contribution in [0.5, 0.6) is 0 Å². The van der Waals surface area contributed by atoms with Gasteiger partial charge in [0.2, 0.25) is 0 Å². The van der Waals surface area contributed by atoms with Crippen LogP contribution in [0.2, 0.25) is 0 Å². The second kappa shape index (κ2) is 9.43. The third-order valence-corrected chi connectivity index (χ3v) is 5.22. The maximum atomic E-state index is 12.9. The molecule has 0 bridgehead atoms. The molecule has 1 atom stereocenters. The molecule has 0 fully saturated rings. The highest BCUT2D eigenvalue weighted by Gasteiger charge is 2.10. The van der Waals surface area contributed by atoms with E-state index < -0.39 is 9.84 Å². The Kier molecular flexibility index (Phi) is 8.29. The molecule has 1 unspecified atom stereocenters. The fraction of sp³-hybridized carbons (Fsp3) is 0.600. The van der Waals surface area contributed by atoms with Gasteiger partial charge in [-0.25, -0.2) is 12.8 Å². The Bertz CT molecular complexity index is 503. The summed E-state index contributed by atoms with van der Waals surface area (Å²) < 4.78 is 35.2. The van der Waals surface area contributed by atoms with E-state index in [4.69, 9.17) is 0 Å². The summed E-state index contributed by atoms with van der Waals surface area (Å²) in [4.78, 5) is 1.03. The number of benzene rings is 1. The highest BCUT2D eigenvalue weighted by Crippen LogP contribution is 2.20. The highest BCUT2D eigenvalue weighted by molar-refractivity contribution is 7.99. The van der Waals surface area contributed by atoms with Gasteiger partial charge in [-0.05, 0) is 50.1 Å². The molecule has 0 aromatic heterocycles. The third-order valence-electron chi connectivity index (χ3n) is 3.02.